The second kappa shape index (κ2) is 4.24. The molecule has 2 aliphatic rings. The Morgan fingerprint density at radius 3 is 2.76 bits per heavy atom. The lowest BCUT2D eigenvalue weighted by molar-refractivity contribution is 0.228. The molecule has 108 valence electrons. The molecule has 0 amide bonds. The average Bonchev–Trinajstić information content (AvgIpc) is 2.86. The molecule has 2 aliphatic heterocycles. The third-order valence-corrected chi connectivity index (χ3v) is 6.14. The lowest BCUT2D eigenvalue weighted by atomic mass is 9.98. The fraction of sp³-hybridized carbons (Fsp3) is 0.250. The Morgan fingerprint density at radius 1 is 1.14 bits per heavy atom. The standard InChI is InChI=1S/C16H14O4S/c1-19-11-6-7-12-10(8-11)9-21(17,18)16-13-4-2-3-5-14(13)20-15(12)16/h2-8,15-16H,9H2,1H3/t15-,16+/m1/s1. The molecule has 2 atom stereocenters. The van der Waals surface area contributed by atoms with E-state index in [9.17, 15) is 8.42 Å². The van der Waals surface area contributed by atoms with Gasteiger partial charge in [0.2, 0.25) is 0 Å². The van der Waals surface area contributed by atoms with Crippen LogP contribution in [0.2, 0.25) is 0 Å². The van der Waals surface area contributed by atoms with Crippen molar-refractivity contribution in [2.24, 2.45) is 0 Å². The molecule has 0 saturated heterocycles. The predicted octanol–water partition coefficient (Wildman–Crippen LogP) is 2.80. The van der Waals surface area contributed by atoms with E-state index in [0.717, 1.165) is 16.7 Å². The molecule has 0 unspecified atom stereocenters. The van der Waals surface area contributed by atoms with E-state index in [1.807, 2.05) is 36.4 Å². The number of sulfone groups is 1. The highest BCUT2D eigenvalue weighted by atomic mass is 32.2. The monoisotopic (exact) mass is 302 g/mol. The van der Waals surface area contributed by atoms with E-state index < -0.39 is 21.2 Å². The molecule has 0 N–H and O–H groups in total. The minimum atomic E-state index is -3.29. The molecule has 0 fully saturated rings. The van der Waals surface area contributed by atoms with Gasteiger partial charge >= 0.3 is 0 Å². The fourth-order valence-corrected chi connectivity index (χ4v) is 5.23. The van der Waals surface area contributed by atoms with Crippen molar-refractivity contribution in [1.29, 1.82) is 0 Å². The van der Waals surface area contributed by atoms with Gasteiger partial charge in [0.05, 0.1) is 12.9 Å². The summed E-state index contributed by atoms with van der Waals surface area (Å²) in [7, 11) is -1.72. The topological polar surface area (TPSA) is 52.6 Å². The summed E-state index contributed by atoms with van der Waals surface area (Å²) in [5.74, 6) is 1.36. The van der Waals surface area contributed by atoms with Crippen molar-refractivity contribution in [3.05, 3.63) is 59.2 Å². The van der Waals surface area contributed by atoms with Crippen molar-refractivity contribution in [1.82, 2.24) is 0 Å². The molecule has 2 aromatic carbocycles. The van der Waals surface area contributed by atoms with Crippen LogP contribution in [0.15, 0.2) is 42.5 Å². The molecular weight excluding hydrogens is 288 g/mol. The van der Waals surface area contributed by atoms with E-state index in [0.29, 0.717) is 11.5 Å². The molecule has 21 heavy (non-hydrogen) atoms. The van der Waals surface area contributed by atoms with Crippen molar-refractivity contribution < 1.29 is 17.9 Å². The normalized spacial score (nSPS) is 24.4. The van der Waals surface area contributed by atoms with Crippen LogP contribution in [0, 0.1) is 0 Å². The highest BCUT2D eigenvalue weighted by molar-refractivity contribution is 7.91. The second-order valence-electron chi connectivity index (χ2n) is 5.37. The van der Waals surface area contributed by atoms with Crippen LogP contribution in [-0.2, 0) is 15.6 Å². The van der Waals surface area contributed by atoms with E-state index in [1.54, 1.807) is 13.2 Å². The Bertz CT molecular complexity index is 826. The van der Waals surface area contributed by atoms with E-state index >= 15 is 0 Å². The quantitative estimate of drug-likeness (QED) is 0.813. The molecule has 5 heteroatoms. The fourth-order valence-electron chi connectivity index (χ4n) is 3.21. The van der Waals surface area contributed by atoms with Gasteiger partial charge in [0, 0.05) is 5.56 Å². The van der Waals surface area contributed by atoms with Gasteiger partial charge in [-0.3, -0.25) is 0 Å². The molecule has 0 saturated carbocycles. The first-order valence-electron chi connectivity index (χ1n) is 6.74. The van der Waals surface area contributed by atoms with Gasteiger partial charge in [-0.2, -0.15) is 0 Å². The minimum absolute atomic E-state index is 0.0262. The zero-order valence-electron chi connectivity index (χ0n) is 11.4. The van der Waals surface area contributed by atoms with Crippen LogP contribution in [0.25, 0.3) is 0 Å². The largest absolute Gasteiger partial charge is 0.497 e. The molecule has 2 aromatic rings. The smallest absolute Gasteiger partial charge is 0.165 e. The van der Waals surface area contributed by atoms with Crippen LogP contribution in [0.4, 0.5) is 0 Å². The summed E-state index contributed by atoms with van der Waals surface area (Å²) >= 11 is 0. The first kappa shape index (κ1) is 12.7. The Kier molecular flexibility index (Phi) is 2.57. The SMILES string of the molecule is COc1ccc2c(c1)CS(=O)(=O)[C@H]1c3ccccc3O[C@H]21. The van der Waals surface area contributed by atoms with Gasteiger partial charge in [-0.1, -0.05) is 24.3 Å². The third kappa shape index (κ3) is 1.77. The highest BCUT2D eigenvalue weighted by Crippen LogP contribution is 2.53. The number of ether oxygens (including phenoxy) is 2. The molecule has 0 bridgehead atoms. The number of benzene rings is 2. The van der Waals surface area contributed by atoms with Gasteiger partial charge in [0.25, 0.3) is 0 Å². The summed E-state index contributed by atoms with van der Waals surface area (Å²) in [5.41, 5.74) is 2.47. The third-order valence-electron chi connectivity index (χ3n) is 4.15. The number of rotatable bonds is 1. The first-order chi connectivity index (χ1) is 10.1. The van der Waals surface area contributed by atoms with Crippen LogP contribution in [-0.4, -0.2) is 15.5 Å². The summed E-state index contributed by atoms with van der Waals surface area (Å²) in [6.45, 7) is 0. The molecule has 4 rings (SSSR count). The van der Waals surface area contributed by atoms with Gasteiger partial charge in [0.1, 0.15) is 22.9 Å². The van der Waals surface area contributed by atoms with Crippen molar-refractivity contribution >= 4 is 9.84 Å². The number of methoxy groups -OCH3 is 1. The molecule has 0 spiro atoms. The van der Waals surface area contributed by atoms with Crippen LogP contribution < -0.4 is 9.47 Å². The van der Waals surface area contributed by atoms with Gasteiger partial charge in [0.15, 0.2) is 9.84 Å². The first-order valence-corrected chi connectivity index (χ1v) is 8.45. The summed E-state index contributed by atoms with van der Waals surface area (Å²) in [5, 5.41) is -0.602. The summed E-state index contributed by atoms with van der Waals surface area (Å²) in [6.07, 6.45) is -0.456. The average molecular weight is 302 g/mol. The Labute approximate surface area is 123 Å². The maximum atomic E-state index is 12.7. The van der Waals surface area contributed by atoms with Crippen molar-refractivity contribution in [2.45, 2.75) is 17.1 Å². The molecular formula is C16H14O4S. The lowest BCUT2D eigenvalue weighted by Crippen LogP contribution is -2.27. The molecule has 0 radical (unpaired) electrons. The Morgan fingerprint density at radius 2 is 1.95 bits per heavy atom. The van der Waals surface area contributed by atoms with Crippen molar-refractivity contribution in [3.8, 4) is 11.5 Å². The van der Waals surface area contributed by atoms with Gasteiger partial charge in [-0.25, -0.2) is 8.42 Å². The summed E-state index contributed by atoms with van der Waals surface area (Å²) in [6, 6.07) is 12.9. The maximum absolute atomic E-state index is 12.7. The van der Waals surface area contributed by atoms with Crippen molar-refractivity contribution in [3.63, 3.8) is 0 Å². The molecule has 0 aliphatic carbocycles. The van der Waals surface area contributed by atoms with E-state index in [4.69, 9.17) is 9.47 Å². The lowest BCUT2D eigenvalue weighted by Gasteiger charge is -2.27. The molecule has 0 aromatic heterocycles. The predicted molar refractivity (Wildman–Crippen MR) is 78.2 cm³/mol. The number of hydrogen-bond donors (Lipinski definition) is 0. The Balaban J connectivity index is 1.92. The van der Waals surface area contributed by atoms with Crippen LogP contribution in [0.1, 0.15) is 28.0 Å². The summed E-state index contributed by atoms with van der Waals surface area (Å²) in [4.78, 5) is 0. The molecule has 2 heterocycles. The van der Waals surface area contributed by atoms with Gasteiger partial charge < -0.3 is 9.47 Å². The molecule has 4 nitrogen and oxygen atoms in total. The van der Waals surface area contributed by atoms with Crippen LogP contribution >= 0.6 is 0 Å². The van der Waals surface area contributed by atoms with Crippen molar-refractivity contribution in [2.75, 3.05) is 7.11 Å². The minimum Gasteiger partial charge on any atom is -0.497 e. The number of fused-ring (bicyclic) bond motifs is 5. The zero-order valence-corrected chi connectivity index (χ0v) is 12.3. The highest BCUT2D eigenvalue weighted by Gasteiger charge is 2.48. The second-order valence-corrected chi connectivity index (χ2v) is 7.49. The van der Waals surface area contributed by atoms with Crippen LogP contribution in [0.3, 0.4) is 0 Å². The van der Waals surface area contributed by atoms with E-state index in [1.165, 1.54) is 0 Å². The maximum Gasteiger partial charge on any atom is 0.165 e. The number of hydrogen-bond acceptors (Lipinski definition) is 4. The van der Waals surface area contributed by atoms with Crippen LogP contribution in [0.5, 0.6) is 11.5 Å². The van der Waals surface area contributed by atoms with E-state index in [2.05, 4.69) is 0 Å². The van der Waals surface area contributed by atoms with Gasteiger partial charge in [-0.15, -0.1) is 0 Å². The number of para-hydroxylation sites is 1. The summed E-state index contributed by atoms with van der Waals surface area (Å²) < 4.78 is 36.4. The zero-order chi connectivity index (χ0) is 14.6. The van der Waals surface area contributed by atoms with E-state index in [-0.39, 0.29) is 5.75 Å². The van der Waals surface area contributed by atoms with Gasteiger partial charge in [-0.05, 0) is 29.3 Å². The Hall–Kier alpha value is -2.01.